The number of aliphatic hydroxyl groups excluding tert-OH is 1. The minimum atomic E-state index is -4.61. The lowest BCUT2D eigenvalue weighted by atomic mass is 10.1. The second-order valence-electron chi connectivity index (χ2n) is 14.6. The number of aromatic nitrogens is 6. The van der Waals surface area contributed by atoms with Gasteiger partial charge in [0, 0.05) is 63.5 Å². The first-order valence-corrected chi connectivity index (χ1v) is 22.8. The minimum Gasteiger partial charge on any atom is -0.394 e. The van der Waals surface area contributed by atoms with Crippen LogP contribution in [0.1, 0.15) is 40.3 Å². The quantitative estimate of drug-likeness (QED) is 0.0179. The minimum absolute atomic E-state index is 0.0290. The predicted octanol–water partition coefficient (Wildman–Crippen LogP) is 5.19. The summed E-state index contributed by atoms with van der Waals surface area (Å²) in [5.41, 5.74) is 4.30. The van der Waals surface area contributed by atoms with Crippen LogP contribution in [0.15, 0.2) is 108 Å². The van der Waals surface area contributed by atoms with Crippen LogP contribution < -0.4 is 31.9 Å². The average Bonchev–Trinajstić information content (AvgIpc) is 3.30. The third-order valence-corrected chi connectivity index (χ3v) is 10.3. The summed E-state index contributed by atoms with van der Waals surface area (Å²) in [5, 5.41) is 28.3. The Bertz CT molecular complexity index is 2500. The van der Waals surface area contributed by atoms with Gasteiger partial charge in [-0.05, 0) is 66.1 Å². The lowest BCUT2D eigenvalue weighted by Crippen LogP contribution is -2.29. The van der Waals surface area contributed by atoms with Crippen molar-refractivity contribution in [2.75, 3.05) is 94.1 Å². The molecule has 0 atom stereocenters. The number of benzene rings is 4. The fourth-order valence-electron chi connectivity index (χ4n) is 6.28. The molecule has 0 amide bonds. The van der Waals surface area contributed by atoms with E-state index >= 15 is 0 Å². The highest BCUT2D eigenvalue weighted by Gasteiger charge is 2.17. The molecule has 6 rings (SSSR count). The van der Waals surface area contributed by atoms with Crippen LogP contribution in [0, 0.1) is 0 Å². The first kappa shape index (κ1) is 48.0. The first-order valence-electron chi connectivity index (χ1n) is 21.3. The van der Waals surface area contributed by atoms with Gasteiger partial charge in [0.25, 0.3) is 10.1 Å². The van der Waals surface area contributed by atoms with E-state index in [2.05, 4.69) is 56.8 Å². The Morgan fingerprint density at radius 1 is 0.585 bits per heavy atom. The highest BCUT2D eigenvalue weighted by atomic mass is 32.2. The topological polar surface area (TPSA) is 243 Å². The predicted molar refractivity (Wildman–Crippen MR) is 253 cm³/mol. The third kappa shape index (κ3) is 16.9. The summed E-state index contributed by atoms with van der Waals surface area (Å²) in [6.45, 7) is 5.17. The van der Waals surface area contributed by atoms with Crippen molar-refractivity contribution in [2.45, 2.75) is 24.2 Å². The Hall–Kier alpha value is -6.45. The molecular weight excluding hydrogens is 849 g/mol. The van der Waals surface area contributed by atoms with Crippen molar-refractivity contribution in [3.05, 3.63) is 137 Å². The highest BCUT2D eigenvalue weighted by Crippen LogP contribution is 2.23. The Morgan fingerprint density at radius 3 is 1.74 bits per heavy atom. The molecule has 65 heavy (non-hydrogen) atoms. The fourth-order valence-corrected chi connectivity index (χ4v) is 7.01. The maximum Gasteiger partial charge on any atom is 0.295 e. The molecular formula is C46H56N12O6S. The molecule has 18 nitrogen and oxygen atoms in total. The van der Waals surface area contributed by atoms with Crippen LogP contribution in [-0.2, 0) is 32.4 Å². The summed E-state index contributed by atoms with van der Waals surface area (Å²) in [4.78, 5) is 27.5. The lowest BCUT2D eigenvalue weighted by Gasteiger charge is -2.12. The average molecular weight is 905 g/mol. The number of nitrogens with one attached hydrogen (secondary N) is 6. The van der Waals surface area contributed by atoms with Gasteiger partial charge < -0.3 is 46.5 Å². The second kappa shape index (κ2) is 25.7. The zero-order chi connectivity index (χ0) is 45.5. The van der Waals surface area contributed by atoms with E-state index in [9.17, 15) is 13.0 Å². The summed E-state index contributed by atoms with van der Waals surface area (Å²) < 4.78 is 46.6. The molecule has 0 aliphatic rings. The number of hydrogen-bond acceptors (Lipinski definition) is 17. The number of rotatable bonds is 28. The van der Waals surface area contributed by atoms with Crippen LogP contribution in [0.5, 0.6) is 0 Å². The highest BCUT2D eigenvalue weighted by molar-refractivity contribution is 7.86. The first-order chi connectivity index (χ1) is 31.7. The molecule has 0 aliphatic carbocycles. The van der Waals surface area contributed by atoms with Crippen molar-refractivity contribution in [3.8, 4) is 0 Å². The molecule has 2 aromatic heterocycles. The van der Waals surface area contributed by atoms with E-state index in [4.69, 9.17) is 19.6 Å². The van der Waals surface area contributed by atoms with E-state index in [0.717, 1.165) is 42.1 Å². The number of nitrogens with zero attached hydrogens (tertiary/aromatic N) is 6. The van der Waals surface area contributed by atoms with Gasteiger partial charge in [0.1, 0.15) is 16.5 Å². The van der Waals surface area contributed by atoms with E-state index in [1.165, 1.54) is 6.07 Å². The molecule has 0 aliphatic heterocycles. The van der Waals surface area contributed by atoms with Crippen LogP contribution in [0.3, 0.4) is 0 Å². The standard InChI is InChI=1S/C46H56N12O6S/c1-47-22-23-48-24-25-50-44-53-41(55-45(58-44)51-38-9-4-2-5-10-38)32-35-15-13-34(14-16-35)17-19-37-20-18-36(31-40(37)65(60,61)62)33-42-54-43(49-21-8-27-63-29-30-64-28-26-59)57-46(56-42)52-39-11-6-3-7-12-39/h2-7,9-20,31,47-48,59H,8,21-30,32-33H2,1H3,(H,60,61,62)(H2,49,52,54,56,57)(H2,50,51,53,55,58)/b19-17+. The maximum atomic E-state index is 12.7. The van der Waals surface area contributed by atoms with Crippen molar-refractivity contribution in [3.63, 3.8) is 0 Å². The third-order valence-electron chi connectivity index (χ3n) is 9.43. The Kier molecular flexibility index (Phi) is 19.0. The summed E-state index contributed by atoms with van der Waals surface area (Å²) in [5.74, 6) is 2.50. The van der Waals surface area contributed by atoms with E-state index in [1.54, 1.807) is 24.3 Å². The van der Waals surface area contributed by atoms with Gasteiger partial charge in [-0.25, -0.2) is 0 Å². The van der Waals surface area contributed by atoms with Crippen LogP contribution in [-0.4, -0.2) is 121 Å². The monoisotopic (exact) mass is 904 g/mol. The fraction of sp³-hybridized carbons (Fsp3) is 0.304. The van der Waals surface area contributed by atoms with E-state index in [1.807, 2.05) is 92.0 Å². The van der Waals surface area contributed by atoms with Gasteiger partial charge >= 0.3 is 0 Å². The van der Waals surface area contributed by atoms with Crippen molar-refractivity contribution in [2.24, 2.45) is 0 Å². The van der Waals surface area contributed by atoms with Crippen LogP contribution in [0.4, 0.5) is 35.2 Å². The van der Waals surface area contributed by atoms with Crippen LogP contribution >= 0.6 is 0 Å². The summed E-state index contributed by atoms with van der Waals surface area (Å²) in [7, 11) is -2.69. The van der Waals surface area contributed by atoms with E-state index < -0.39 is 10.1 Å². The Labute approximate surface area is 379 Å². The van der Waals surface area contributed by atoms with Crippen LogP contribution in [0.25, 0.3) is 12.2 Å². The number of hydrogen-bond donors (Lipinski definition) is 8. The summed E-state index contributed by atoms with van der Waals surface area (Å²) in [6, 6.07) is 31.8. The van der Waals surface area contributed by atoms with Crippen molar-refractivity contribution < 1.29 is 27.6 Å². The zero-order valence-electron chi connectivity index (χ0n) is 36.3. The molecule has 4 aromatic carbocycles. The number of aliphatic hydroxyl groups is 1. The molecule has 0 saturated carbocycles. The van der Waals surface area contributed by atoms with Gasteiger partial charge in [0.05, 0.1) is 26.4 Å². The number of likely N-dealkylation sites (N-methyl/N-ethyl adjacent to an activating group) is 1. The molecule has 0 spiro atoms. The van der Waals surface area contributed by atoms with Gasteiger partial charge in [-0.2, -0.15) is 38.3 Å². The SMILES string of the molecule is CNCCNCCNc1nc(Cc2ccc(/C=C/c3ccc(Cc4nc(NCCCOCCOCCO)nc(Nc5ccccc5)n4)cc3S(=O)(=O)O)cc2)nc(Nc2ccccc2)n1. The number of para-hydroxylation sites is 2. The van der Waals surface area contributed by atoms with Gasteiger partial charge in [0.15, 0.2) is 0 Å². The Balaban J connectivity index is 1.12. The summed E-state index contributed by atoms with van der Waals surface area (Å²) in [6.07, 6.45) is 4.71. The molecule has 0 saturated heterocycles. The van der Waals surface area contributed by atoms with Crippen molar-refractivity contribution in [1.29, 1.82) is 0 Å². The molecule has 0 unspecified atom stereocenters. The number of ether oxygens (including phenoxy) is 2. The van der Waals surface area contributed by atoms with Gasteiger partial charge in [-0.15, -0.1) is 0 Å². The molecule has 342 valence electrons. The zero-order valence-corrected chi connectivity index (χ0v) is 37.1. The normalized spacial score (nSPS) is 11.5. The van der Waals surface area contributed by atoms with Crippen LogP contribution in [0.2, 0.25) is 0 Å². The molecule has 0 bridgehead atoms. The molecule has 0 radical (unpaired) electrons. The number of anilines is 6. The van der Waals surface area contributed by atoms with Crippen molar-refractivity contribution >= 4 is 57.4 Å². The lowest BCUT2D eigenvalue weighted by molar-refractivity contribution is 0.0331. The van der Waals surface area contributed by atoms with E-state index in [0.29, 0.717) is 92.3 Å². The Morgan fingerprint density at radius 2 is 1.14 bits per heavy atom. The maximum absolute atomic E-state index is 12.7. The second-order valence-corrected chi connectivity index (χ2v) is 16.0. The molecule has 2 heterocycles. The molecule has 19 heteroatoms. The van der Waals surface area contributed by atoms with Gasteiger partial charge in [-0.1, -0.05) is 84.9 Å². The molecule has 6 aromatic rings. The van der Waals surface area contributed by atoms with Gasteiger partial charge in [0.2, 0.25) is 23.8 Å². The van der Waals surface area contributed by atoms with E-state index in [-0.39, 0.29) is 24.5 Å². The molecule has 0 fully saturated rings. The molecule has 8 N–H and O–H groups in total. The van der Waals surface area contributed by atoms with Crippen molar-refractivity contribution in [1.82, 2.24) is 40.5 Å². The summed E-state index contributed by atoms with van der Waals surface area (Å²) >= 11 is 0. The largest absolute Gasteiger partial charge is 0.394 e. The smallest absolute Gasteiger partial charge is 0.295 e. The van der Waals surface area contributed by atoms with Gasteiger partial charge in [-0.3, -0.25) is 4.55 Å².